The molecule has 3 aromatic rings. The maximum Gasteiger partial charge on any atom is 0.316 e. The molecule has 0 unspecified atom stereocenters. The predicted molar refractivity (Wildman–Crippen MR) is 78.2 cm³/mol. The first-order valence-corrected chi connectivity index (χ1v) is 6.98. The number of hydrogen-bond acceptors (Lipinski definition) is 8. The third kappa shape index (κ3) is 3.51. The molecule has 0 saturated heterocycles. The van der Waals surface area contributed by atoms with E-state index in [2.05, 4.69) is 15.5 Å². The lowest BCUT2D eigenvalue weighted by Gasteiger charge is -2.03. The number of nitrogens with one attached hydrogen (secondary N) is 1. The molecule has 0 aliphatic carbocycles. The molecule has 0 aliphatic heterocycles. The summed E-state index contributed by atoms with van der Waals surface area (Å²) in [5.74, 6) is 0.365. The van der Waals surface area contributed by atoms with E-state index in [1.54, 1.807) is 19.1 Å². The minimum absolute atomic E-state index is 0.0612. The summed E-state index contributed by atoms with van der Waals surface area (Å²) < 4.78 is 20.4. The van der Waals surface area contributed by atoms with Gasteiger partial charge in [0.2, 0.25) is 17.0 Å². The maximum atomic E-state index is 11.9. The molecule has 3 aromatic heterocycles. The first-order valence-electron chi connectivity index (χ1n) is 6.98. The molecule has 0 aromatic carbocycles. The van der Waals surface area contributed by atoms with Crippen LogP contribution < -0.4 is 15.5 Å². The zero-order valence-corrected chi connectivity index (χ0v) is 12.6. The smallest absolute Gasteiger partial charge is 0.316 e. The average Bonchev–Trinajstić information content (AvgIpc) is 3.24. The van der Waals surface area contributed by atoms with Crippen molar-refractivity contribution in [1.29, 1.82) is 0 Å². The zero-order valence-electron chi connectivity index (χ0n) is 12.6. The van der Waals surface area contributed by atoms with Crippen LogP contribution in [0.4, 0.5) is 0 Å². The van der Waals surface area contributed by atoms with Crippen LogP contribution in [0, 0.1) is 6.92 Å². The fourth-order valence-corrected chi connectivity index (χ4v) is 1.87. The van der Waals surface area contributed by atoms with Crippen molar-refractivity contribution in [3.8, 4) is 5.75 Å². The van der Waals surface area contributed by atoms with E-state index in [1.165, 1.54) is 18.6 Å². The third-order valence-electron chi connectivity index (χ3n) is 3.02. The minimum atomic E-state index is -0.541. The molecule has 3 heterocycles. The van der Waals surface area contributed by atoms with Gasteiger partial charge < -0.3 is 23.4 Å². The summed E-state index contributed by atoms with van der Waals surface area (Å²) in [6.07, 6.45) is 2.78. The summed E-state index contributed by atoms with van der Waals surface area (Å²) >= 11 is 0. The SMILES string of the molecule is Cc1occc(=O)c1OCc1noc(C(=O)NCc2ccco2)n1. The van der Waals surface area contributed by atoms with Crippen molar-refractivity contribution in [1.82, 2.24) is 15.5 Å². The molecule has 0 aliphatic rings. The van der Waals surface area contributed by atoms with Gasteiger partial charge in [-0.2, -0.15) is 4.98 Å². The van der Waals surface area contributed by atoms with E-state index >= 15 is 0 Å². The van der Waals surface area contributed by atoms with Crippen LogP contribution in [0.1, 0.15) is 28.0 Å². The number of hydrogen-bond donors (Lipinski definition) is 1. The molecule has 0 radical (unpaired) electrons. The lowest BCUT2D eigenvalue weighted by atomic mass is 10.4. The van der Waals surface area contributed by atoms with Gasteiger partial charge in [0.25, 0.3) is 0 Å². The average molecular weight is 331 g/mol. The van der Waals surface area contributed by atoms with Gasteiger partial charge in [-0.25, -0.2) is 0 Å². The van der Waals surface area contributed by atoms with Crippen LogP contribution >= 0.6 is 0 Å². The van der Waals surface area contributed by atoms with Gasteiger partial charge in [-0.1, -0.05) is 5.16 Å². The first kappa shape index (κ1) is 15.5. The number of amides is 1. The molecule has 1 N–H and O–H groups in total. The second kappa shape index (κ2) is 6.82. The molecule has 0 fully saturated rings. The molecule has 9 heteroatoms. The van der Waals surface area contributed by atoms with Crippen LogP contribution in [-0.4, -0.2) is 16.0 Å². The van der Waals surface area contributed by atoms with Crippen LogP contribution in [0.25, 0.3) is 0 Å². The topological polar surface area (TPSA) is 121 Å². The van der Waals surface area contributed by atoms with Gasteiger partial charge in [-0.3, -0.25) is 9.59 Å². The van der Waals surface area contributed by atoms with Gasteiger partial charge in [0, 0.05) is 6.07 Å². The fourth-order valence-electron chi connectivity index (χ4n) is 1.87. The van der Waals surface area contributed by atoms with Crippen molar-refractivity contribution in [2.45, 2.75) is 20.1 Å². The first-order chi connectivity index (χ1) is 11.6. The van der Waals surface area contributed by atoms with Gasteiger partial charge in [0.15, 0.2) is 6.61 Å². The number of nitrogens with zero attached hydrogens (tertiary/aromatic N) is 2. The van der Waals surface area contributed by atoms with Gasteiger partial charge >= 0.3 is 11.8 Å². The van der Waals surface area contributed by atoms with E-state index in [0.29, 0.717) is 11.5 Å². The highest BCUT2D eigenvalue weighted by molar-refractivity contribution is 5.89. The highest BCUT2D eigenvalue weighted by Gasteiger charge is 2.16. The standard InChI is InChI=1S/C15H13N3O6/c1-9-13(11(19)4-6-21-9)23-8-12-17-15(24-18-12)14(20)16-7-10-3-2-5-22-10/h2-6H,7-8H2,1H3,(H,16,20). The molecule has 3 rings (SSSR count). The lowest BCUT2D eigenvalue weighted by Crippen LogP contribution is -2.22. The monoisotopic (exact) mass is 331 g/mol. The van der Waals surface area contributed by atoms with Crippen LogP contribution in [0.3, 0.4) is 0 Å². The summed E-state index contributed by atoms with van der Waals surface area (Å²) in [6.45, 7) is 1.66. The summed E-state index contributed by atoms with van der Waals surface area (Å²) in [7, 11) is 0. The van der Waals surface area contributed by atoms with E-state index < -0.39 is 5.91 Å². The Morgan fingerprint density at radius 3 is 2.92 bits per heavy atom. The highest BCUT2D eigenvalue weighted by Crippen LogP contribution is 2.12. The normalized spacial score (nSPS) is 10.5. The number of rotatable bonds is 6. The van der Waals surface area contributed by atoms with Gasteiger partial charge in [0.05, 0.1) is 19.1 Å². The summed E-state index contributed by atoms with van der Waals surface area (Å²) in [6, 6.07) is 4.68. The van der Waals surface area contributed by atoms with Crippen molar-refractivity contribution >= 4 is 5.91 Å². The van der Waals surface area contributed by atoms with Crippen molar-refractivity contribution in [3.05, 3.63) is 64.2 Å². The number of aryl methyl sites for hydroxylation is 1. The Kier molecular flexibility index (Phi) is 4.41. The Morgan fingerprint density at radius 2 is 2.17 bits per heavy atom. The van der Waals surface area contributed by atoms with Crippen molar-refractivity contribution in [3.63, 3.8) is 0 Å². The highest BCUT2D eigenvalue weighted by atomic mass is 16.5. The molecule has 124 valence electrons. The number of aromatic nitrogens is 2. The number of carbonyl (C=O) groups excluding carboxylic acids is 1. The number of furan rings is 1. The quantitative estimate of drug-likeness (QED) is 0.720. The third-order valence-corrected chi connectivity index (χ3v) is 3.02. The zero-order chi connectivity index (χ0) is 16.9. The molecule has 0 saturated carbocycles. The van der Waals surface area contributed by atoms with Gasteiger partial charge in [0.1, 0.15) is 11.5 Å². The number of carbonyl (C=O) groups is 1. The minimum Gasteiger partial charge on any atom is -0.478 e. The Bertz CT molecular complexity index is 881. The largest absolute Gasteiger partial charge is 0.478 e. The Hall–Kier alpha value is -3.36. The second-order valence-corrected chi connectivity index (χ2v) is 4.74. The van der Waals surface area contributed by atoms with Crippen molar-refractivity contribution in [2.75, 3.05) is 0 Å². The van der Waals surface area contributed by atoms with Crippen LogP contribution in [0.5, 0.6) is 5.75 Å². The molecular weight excluding hydrogens is 318 g/mol. The maximum absolute atomic E-state index is 11.9. The summed E-state index contributed by atoms with van der Waals surface area (Å²) in [5.41, 5.74) is -0.321. The molecular formula is C15H13N3O6. The summed E-state index contributed by atoms with van der Waals surface area (Å²) in [5, 5.41) is 6.20. The molecule has 1 amide bonds. The molecule has 0 atom stereocenters. The van der Waals surface area contributed by atoms with E-state index in [1.807, 2.05) is 0 Å². The fraction of sp³-hybridized carbons (Fsp3) is 0.200. The van der Waals surface area contributed by atoms with Crippen LogP contribution in [-0.2, 0) is 13.2 Å². The van der Waals surface area contributed by atoms with Gasteiger partial charge in [-0.15, -0.1) is 0 Å². The summed E-state index contributed by atoms with van der Waals surface area (Å²) in [4.78, 5) is 27.4. The number of ether oxygens (including phenoxy) is 1. The lowest BCUT2D eigenvalue weighted by molar-refractivity contribution is 0.0904. The Balaban J connectivity index is 1.59. The van der Waals surface area contributed by atoms with Crippen LogP contribution in [0.2, 0.25) is 0 Å². The van der Waals surface area contributed by atoms with E-state index in [0.717, 1.165) is 0 Å². The second-order valence-electron chi connectivity index (χ2n) is 4.74. The van der Waals surface area contributed by atoms with Crippen molar-refractivity contribution < 1.29 is 22.9 Å². The van der Waals surface area contributed by atoms with Crippen LogP contribution in [0.15, 0.2) is 48.9 Å². The molecule has 9 nitrogen and oxygen atoms in total. The molecule has 24 heavy (non-hydrogen) atoms. The molecule has 0 bridgehead atoms. The molecule has 0 spiro atoms. The Morgan fingerprint density at radius 1 is 1.29 bits per heavy atom. The van der Waals surface area contributed by atoms with E-state index in [9.17, 15) is 9.59 Å². The van der Waals surface area contributed by atoms with E-state index in [4.69, 9.17) is 18.1 Å². The Labute approximate surface area is 135 Å². The van der Waals surface area contributed by atoms with Gasteiger partial charge in [-0.05, 0) is 19.1 Å². The van der Waals surface area contributed by atoms with Crippen molar-refractivity contribution in [2.24, 2.45) is 0 Å². The predicted octanol–water partition coefficient (Wildman–Crippen LogP) is 1.43. The van der Waals surface area contributed by atoms with E-state index in [-0.39, 0.29) is 36.0 Å².